The van der Waals surface area contributed by atoms with E-state index in [1.165, 1.54) is 0 Å². The quantitative estimate of drug-likeness (QED) is 0.802. The summed E-state index contributed by atoms with van der Waals surface area (Å²) in [7, 11) is 0. The van der Waals surface area contributed by atoms with Crippen molar-refractivity contribution in [3.05, 3.63) is 11.6 Å². The fourth-order valence-corrected chi connectivity index (χ4v) is 1.94. The molecule has 98 valence electrons. The van der Waals surface area contributed by atoms with Crippen LogP contribution in [0, 0.1) is 13.8 Å². The molecule has 4 heteroatoms. The molecule has 0 aliphatic carbocycles. The number of aromatic nitrogens is 3. The number of hydrogen-bond donors (Lipinski definition) is 1. The Kier molecular flexibility index (Phi) is 4.69. The Hall–Kier alpha value is -0.900. The van der Waals surface area contributed by atoms with Crippen LogP contribution in [-0.2, 0) is 0 Å². The molecular weight excluding hydrogens is 212 g/mol. The monoisotopic (exact) mass is 238 g/mol. The van der Waals surface area contributed by atoms with Crippen LogP contribution in [0.2, 0.25) is 0 Å². The van der Waals surface area contributed by atoms with E-state index in [4.69, 9.17) is 0 Å². The number of rotatable bonds is 5. The van der Waals surface area contributed by atoms with Gasteiger partial charge in [0.2, 0.25) is 0 Å². The summed E-state index contributed by atoms with van der Waals surface area (Å²) in [5, 5.41) is 7.93. The smallest absolute Gasteiger partial charge is 0.147 e. The Morgan fingerprint density at radius 2 is 1.94 bits per heavy atom. The molecule has 0 saturated carbocycles. The molecule has 1 rings (SSSR count). The molecule has 1 heterocycles. The molecule has 0 amide bonds. The Morgan fingerprint density at radius 3 is 2.41 bits per heavy atom. The first-order chi connectivity index (χ1) is 7.79. The topological polar surface area (TPSA) is 42.7 Å². The lowest BCUT2D eigenvalue weighted by atomic mass is 10.1. The van der Waals surface area contributed by atoms with Gasteiger partial charge in [0.05, 0.1) is 6.04 Å². The minimum Gasteiger partial charge on any atom is -0.312 e. The second kappa shape index (κ2) is 5.63. The van der Waals surface area contributed by atoms with E-state index in [-0.39, 0.29) is 5.54 Å². The Bertz CT molecular complexity index is 349. The summed E-state index contributed by atoms with van der Waals surface area (Å²) in [6.07, 6.45) is 2.30. The van der Waals surface area contributed by atoms with Crippen molar-refractivity contribution in [2.24, 2.45) is 0 Å². The van der Waals surface area contributed by atoms with E-state index in [2.05, 4.69) is 43.1 Å². The zero-order valence-electron chi connectivity index (χ0n) is 12.0. The van der Waals surface area contributed by atoms with Gasteiger partial charge in [0, 0.05) is 5.54 Å². The SMILES string of the molecule is Cc1nc(C)n(C(C)CCCNC(C)(C)C)n1. The summed E-state index contributed by atoms with van der Waals surface area (Å²) in [5.41, 5.74) is 0.211. The van der Waals surface area contributed by atoms with Crippen LogP contribution < -0.4 is 5.32 Å². The van der Waals surface area contributed by atoms with E-state index in [0.717, 1.165) is 31.0 Å². The highest BCUT2D eigenvalue weighted by molar-refractivity contribution is 4.89. The van der Waals surface area contributed by atoms with Crippen LogP contribution >= 0.6 is 0 Å². The van der Waals surface area contributed by atoms with E-state index in [1.54, 1.807) is 0 Å². The van der Waals surface area contributed by atoms with Crippen molar-refractivity contribution in [1.82, 2.24) is 20.1 Å². The van der Waals surface area contributed by atoms with Gasteiger partial charge in [-0.25, -0.2) is 9.67 Å². The normalized spacial score (nSPS) is 14.0. The van der Waals surface area contributed by atoms with Crippen LogP contribution in [0.1, 0.15) is 58.2 Å². The number of nitrogens with one attached hydrogen (secondary N) is 1. The van der Waals surface area contributed by atoms with Crippen LogP contribution in [-0.4, -0.2) is 26.8 Å². The number of hydrogen-bond acceptors (Lipinski definition) is 3. The first kappa shape index (κ1) is 14.2. The second-order valence-corrected chi connectivity index (χ2v) is 5.82. The van der Waals surface area contributed by atoms with E-state index < -0.39 is 0 Å². The molecule has 1 aromatic rings. The van der Waals surface area contributed by atoms with Gasteiger partial charge in [0.25, 0.3) is 0 Å². The van der Waals surface area contributed by atoms with Crippen molar-refractivity contribution < 1.29 is 0 Å². The molecule has 1 aromatic heterocycles. The molecule has 0 radical (unpaired) electrons. The lowest BCUT2D eigenvalue weighted by Gasteiger charge is -2.21. The standard InChI is InChI=1S/C13H26N4/c1-10(8-7-9-14-13(4,5)6)17-12(3)15-11(2)16-17/h10,14H,7-9H2,1-6H3. The summed E-state index contributed by atoms with van der Waals surface area (Å²) in [4.78, 5) is 4.34. The molecule has 0 aliphatic heterocycles. The third-order valence-corrected chi connectivity index (χ3v) is 2.78. The summed E-state index contributed by atoms with van der Waals surface area (Å²) in [5.74, 6) is 1.88. The van der Waals surface area contributed by atoms with Gasteiger partial charge in [-0.15, -0.1) is 0 Å². The van der Waals surface area contributed by atoms with Crippen molar-refractivity contribution >= 4 is 0 Å². The van der Waals surface area contributed by atoms with Gasteiger partial charge < -0.3 is 5.32 Å². The Balaban J connectivity index is 2.35. The Morgan fingerprint density at radius 1 is 1.29 bits per heavy atom. The summed E-state index contributed by atoms with van der Waals surface area (Å²) < 4.78 is 2.03. The minimum absolute atomic E-state index is 0.211. The molecule has 0 aliphatic rings. The molecular formula is C13H26N4. The van der Waals surface area contributed by atoms with Crippen LogP contribution in [0.25, 0.3) is 0 Å². The third-order valence-electron chi connectivity index (χ3n) is 2.78. The molecule has 0 spiro atoms. The van der Waals surface area contributed by atoms with Gasteiger partial charge in [0.15, 0.2) is 0 Å². The summed E-state index contributed by atoms with van der Waals surface area (Å²) in [6.45, 7) is 13.8. The fourth-order valence-electron chi connectivity index (χ4n) is 1.94. The van der Waals surface area contributed by atoms with Crippen LogP contribution in [0.3, 0.4) is 0 Å². The van der Waals surface area contributed by atoms with Gasteiger partial charge in [-0.3, -0.25) is 0 Å². The maximum atomic E-state index is 4.42. The Labute approximate surface area is 105 Å². The summed E-state index contributed by atoms with van der Waals surface area (Å²) in [6, 6.07) is 0.429. The van der Waals surface area contributed by atoms with E-state index in [1.807, 2.05) is 18.5 Å². The highest BCUT2D eigenvalue weighted by Crippen LogP contribution is 2.13. The molecule has 0 aromatic carbocycles. The van der Waals surface area contributed by atoms with E-state index in [0.29, 0.717) is 6.04 Å². The second-order valence-electron chi connectivity index (χ2n) is 5.82. The predicted molar refractivity (Wildman–Crippen MR) is 71.2 cm³/mol. The molecule has 0 bridgehead atoms. The number of aryl methyl sites for hydroxylation is 2. The van der Waals surface area contributed by atoms with Crippen molar-refractivity contribution in [1.29, 1.82) is 0 Å². The zero-order valence-corrected chi connectivity index (χ0v) is 12.0. The lowest BCUT2D eigenvalue weighted by Crippen LogP contribution is -2.36. The van der Waals surface area contributed by atoms with Crippen molar-refractivity contribution in [2.45, 2.75) is 66.0 Å². The van der Waals surface area contributed by atoms with Crippen molar-refractivity contribution in [2.75, 3.05) is 6.54 Å². The van der Waals surface area contributed by atoms with Gasteiger partial charge in [-0.1, -0.05) is 0 Å². The molecule has 0 saturated heterocycles. The van der Waals surface area contributed by atoms with Gasteiger partial charge in [-0.2, -0.15) is 5.10 Å². The van der Waals surface area contributed by atoms with Gasteiger partial charge >= 0.3 is 0 Å². The predicted octanol–water partition coefficient (Wildman–Crippen LogP) is 2.62. The third kappa shape index (κ3) is 4.86. The molecule has 4 nitrogen and oxygen atoms in total. The maximum Gasteiger partial charge on any atom is 0.147 e. The first-order valence-electron chi connectivity index (χ1n) is 6.44. The lowest BCUT2D eigenvalue weighted by molar-refractivity contribution is 0.386. The van der Waals surface area contributed by atoms with Crippen LogP contribution in [0.15, 0.2) is 0 Å². The summed E-state index contributed by atoms with van der Waals surface area (Å²) >= 11 is 0. The van der Waals surface area contributed by atoms with E-state index in [9.17, 15) is 0 Å². The molecule has 17 heavy (non-hydrogen) atoms. The average Bonchev–Trinajstić information content (AvgIpc) is 2.51. The molecule has 1 atom stereocenters. The van der Waals surface area contributed by atoms with Crippen LogP contribution in [0.5, 0.6) is 0 Å². The highest BCUT2D eigenvalue weighted by atomic mass is 15.4. The van der Waals surface area contributed by atoms with Gasteiger partial charge in [-0.05, 0) is 60.9 Å². The first-order valence-corrected chi connectivity index (χ1v) is 6.44. The van der Waals surface area contributed by atoms with Gasteiger partial charge in [0.1, 0.15) is 11.6 Å². The van der Waals surface area contributed by atoms with Crippen molar-refractivity contribution in [3.8, 4) is 0 Å². The number of nitrogens with zero attached hydrogens (tertiary/aromatic N) is 3. The average molecular weight is 238 g/mol. The van der Waals surface area contributed by atoms with E-state index >= 15 is 0 Å². The minimum atomic E-state index is 0.211. The maximum absolute atomic E-state index is 4.42. The zero-order chi connectivity index (χ0) is 13.1. The highest BCUT2D eigenvalue weighted by Gasteiger charge is 2.11. The molecule has 1 unspecified atom stereocenters. The van der Waals surface area contributed by atoms with Crippen molar-refractivity contribution in [3.63, 3.8) is 0 Å². The van der Waals surface area contributed by atoms with Crippen LogP contribution in [0.4, 0.5) is 0 Å². The largest absolute Gasteiger partial charge is 0.312 e. The molecule has 1 N–H and O–H groups in total. The molecule has 0 fully saturated rings. The fraction of sp³-hybridized carbons (Fsp3) is 0.846.